The van der Waals surface area contributed by atoms with Crippen LogP contribution in [0.3, 0.4) is 0 Å². The average molecular weight is 690 g/mol. The number of amides is 2. The lowest BCUT2D eigenvalue weighted by Crippen LogP contribution is -2.24. The third kappa shape index (κ3) is 7.57. The monoisotopic (exact) mass is 688 g/mol. The molecule has 12 heteroatoms. The molecule has 0 saturated carbocycles. The zero-order chi connectivity index (χ0) is 33.6. The molecule has 4 N–H and O–H groups in total. The van der Waals surface area contributed by atoms with Crippen LogP contribution in [0.4, 0.5) is 0 Å². The summed E-state index contributed by atoms with van der Waals surface area (Å²) >= 11 is 14.1. The number of ether oxygens (including phenoxy) is 2. The Balaban J connectivity index is 1.20. The Bertz CT molecular complexity index is 1690. The summed E-state index contributed by atoms with van der Waals surface area (Å²) in [6.45, 7) is 4.03. The summed E-state index contributed by atoms with van der Waals surface area (Å²) in [7, 11) is 3.24. The second-order valence-corrected chi connectivity index (χ2v) is 12.8. The minimum atomic E-state index is 0.0980. The first-order valence-corrected chi connectivity index (χ1v) is 16.7. The van der Waals surface area contributed by atoms with Gasteiger partial charge in [0.2, 0.25) is 17.7 Å². The van der Waals surface area contributed by atoms with E-state index in [0.717, 1.165) is 46.5 Å². The van der Waals surface area contributed by atoms with Crippen molar-refractivity contribution in [2.24, 2.45) is 11.8 Å². The molecule has 0 aliphatic carbocycles. The Kier molecular flexibility index (Phi) is 10.8. The van der Waals surface area contributed by atoms with E-state index >= 15 is 0 Å². The predicted molar refractivity (Wildman–Crippen MR) is 187 cm³/mol. The number of nitrogens with zero attached hydrogens (tertiary/aromatic N) is 2. The van der Waals surface area contributed by atoms with Gasteiger partial charge < -0.3 is 30.7 Å². The first-order valence-electron chi connectivity index (χ1n) is 15.9. The Hall–Kier alpha value is -4.22. The fraction of sp³-hybridized carbons (Fsp3) is 0.333. The molecule has 2 fully saturated rings. The Morgan fingerprint density at radius 1 is 0.792 bits per heavy atom. The minimum Gasteiger partial charge on any atom is -0.496 e. The van der Waals surface area contributed by atoms with E-state index in [1.807, 2.05) is 54.6 Å². The van der Waals surface area contributed by atoms with Crippen molar-refractivity contribution in [2.45, 2.75) is 25.9 Å². The molecule has 250 valence electrons. The van der Waals surface area contributed by atoms with Crippen LogP contribution in [0, 0.1) is 11.8 Å². The smallest absolute Gasteiger partial charge is 0.220 e. The summed E-state index contributed by atoms with van der Waals surface area (Å²) in [4.78, 5) is 32.4. The Morgan fingerprint density at radius 3 is 2.08 bits per heavy atom. The zero-order valence-electron chi connectivity index (χ0n) is 26.9. The van der Waals surface area contributed by atoms with E-state index in [1.54, 1.807) is 20.4 Å². The maximum atomic E-state index is 11.5. The van der Waals surface area contributed by atoms with Gasteiger partial charge in [-0.05, 0) is 30.0 Å². The number of methoxy groups -OCH3 is 2. The fourth-order valence-corrected chi connectivity index (χ4v) is 6.85. The number of benzene rings is 2. The van der Waals surface area contributed by atoms with Crippen LogP contribution in [-0.2, 0) is 22.7 Å². The summed E-state index contributed by atoms with van der Waals surface area (Å²) in [5, 5.41) is 13.6. The van der Waals surface area contributed by atoms with Crippen LogP contribution in [0.2, 0.25) is 10.0 Å². The fourth-order valence-electron chi connectivity index (χ4n) is 6.20. The van der Waals surface area contributed by atoms with Gasteiger partial charge in [0.1, 0.15) is 5.75 Å². The topological polar surface area (TPSA) is 126 Å². The standard InChI is InChI=1S/C36H38Cl2N6O4/c1-47-30-14-23(6-7-24(30)19-39-15-21-12-31(45)42-17-21)35-34(38)27(10-11-41-35)26-4-3-5-28(33(26)37)29-9-8-25(36(44-29)48-2)20-40-16-22-13-32(46)43-18-22/h3-11,14,21-22,39-40H,12-13,15-20H2,1-2H3,(H,42,45)(H,43,46)/t21-,22-/m0/s1. The highest BCUT2D eigenvalue weighted by molar-refractivity contribution is 6.39. The lowest BCUT2D eigenvalue weighted by molar-refractivity contribution is -0.120. The molecule has 4 aromatic rings. The van der Waals surface area contributed by atoms with Crippen molar-refractivity contribution in [1.82, 2.24) is 31.2 Å². The van der Waals surface area contributed by atoms with Gasteiger partial charge in [-0.1, -0.05) is 59.6 Å². The van der Waals surface area contributed by atoms with Gasteiger partial charge in [-0.15, -0.1) is 0 Å². The summed E-state index contributed by atoms with van der Waals surface area (Å²) < 4.78 is 11.4. The van der Waals surface area contributed by atoms with E-state index in [2.05, 4.69) is 26.3 Å². The van der Waals surface area contributed by atoms with Crippen LogP contribution in [0.5, 0.6) is 11.6 Å². The van der Waals surface area contributed by atoms with E-state index in [-0.39, 0.29) is 23.7 Å². The van der Waals surface area contributed by atoms with Crippen LogP contribution in [-0.4, -0.2) is 62.2 Å². The SMILES string of the molecule is COc1cc(-c2nccc(-c3cccc(-c4ccc(CNC[C@H]5CNC(=O)C5)c(OC)n4)c3Cl)c2Cl)ccc1CNC[C@H]1CNC(=O)C1. The molecule has 2 aromatic heterocycles. The van der Waals surface area contributed by atoms with Crippen LogP contribution >= 0.6 is 23.2 Å². The summed E-state index contributed by atoms with van der Waals surface area (Å²) in [6.07, 6.45) is 2.82. The van der Waals surface area contributed by atoms with Gasteiger partial charge in [-0.25, -0.2) is 4.98 Å². The van der Waals surface area contributed by atoms with E-state index < -0.39 is 0 Å². The Morgan fingerprint density at radius 2 is 1.44 bits per heavy atom. The van der Waals surface area contributed by atoms with Gasteiger partial charge in [0.25, 0.3) is 0 Å². The van der Waals surface area contributed by atoms with Crippen molar-refractivity contribution < 1.29 is 19.1 Å². The number of hydrogen-bond donors (Lipinski definition) is 4. The molecule has 2 saturated heterocycles. The maximum Gasteiger partial charge on any atom is 0.220 e. The number of halogens is 2. The number of carbonyl (C=O) groups excluding carboxylic acids is 2. The molecular formula is C36H38Cl2N6O4. The molecule has 2 aliphatic heterocycles. The van der Waals surface area contributed by atoms with Gasteiger partial charge in [-0.3, -0.25) is 14.6 Å². The number of pyridine rings is 2. The molecule has 2 amide bonds. The third-order valence-electron chi connectivity index (χ3n) is 8.77. The van der Waals surface area contributed by atoms with Gasteiger partial charge >= 0.3 is 0 Å². The molecule has 10 nitrogen and oxygen atoms in total. The molecule has 4 heterocycles. The number of carbonyl (C=O) groups is 2. The molecular weight excluding hydrogens is 651 g/mol. The Labute approximate surface area is 289 Å². The van der Waals surface area contributed by atoms with Gasteiger partial charge in [0, 0.05) is 91.7 Å². The molecule has 2 atom stereocenters. The van der Waals surface area contributed by atoms with E-state index in [4.69, 9.17) is 37.7 Å². The molecule has 0 spiro atoms. The summed E-state index contributed by atoms with van der Waals surface area (Å²) in [5.74, 6) is 1.99. The van der Waals surface area contributed by atoms with E-state index in [1.165, 1.54) is 0 Å². The van der Waals surface area contributed by atoms with E-state index in [9.17, 15) is 9.59 Å². The first-order chi connectivity index (χ1) is 23.3. The number of hydrogen-bond acceptors (Lipinski definition) is 8. The second kappa shape index (κ2) is 15.3. The molecule has 0 unspecified atom stereocenters. The van der Waals surface area contributed by atoms with Crippen molar-refractivity contribution in [3.05, 3.63) is 82.0 Å². The lowest BCUT2D eigenvalue weighted by atomic mass is 9.99. The van der Waals surface area contributed by atoms with Crippen molar-refractivity contribution in [3.8, 4) is 45.3 Å². The molecule has 2 aromatic carbocycles. The minimum absolute atomic E-state index is 0.0980. The molecule has 6 rings (SSSR count). The van der Waals surface area contributed by atoms with Crippen LogP contribution in [0.25, 0.3) is 33.6 Å². The van der Waals surface area contributed by atoms with Crippen molar-refractivity contribution in [1.29, 1.82) is 0 Å². The van der Waals surface area contributed by atoms with Crippen LogP contribution < -0.4 is 30.7 Å². The van der Waals surface area contributed by atoms with Gasteiger partial charge in [-0.2, -0.15) is 0 Å². The second-order valence-electron chi connectivity index (χ2n) is 12.1. The highest BCUT2D eigenvalue weighted by atomic mass is 35.5. The first kappa shape index (κ1) is 33.7. The zero-order valence-corrected chi connectivity index (χ0v) is 28.4. The largest absolute Gasteiger partial charge is 0.496 e. The van der Waals surface area contributed by atoms with Crippen molar-refractivity contribution in [2.75, 3.05) is 40.4 Å². The van der Waals surface area contributed by atoms with Gasteiger partial charge in [0.05, 0.1) is 35.7 Å². The maximum absolute atomic E-state index is 11.5. The molecule has 0 radical (unpaired) electrons. The van der Waals surface area contributed by atoms with Gasteiger partial charge in [0.15, 0.2) is 0 Å². The van der Waals surface area contributed by atoms with Crippen molar-refractivity contribution >= 4 is 35.0 Å². The molecule has 2 aliphatic rings. The number of aromatic nitrogens is 2. The predicted octanol–water partition coefficient (Wildman–Crippen LogP) is 5.25. The normalized spacial score (nSPS) is 17.3. The van der Waals surface area contributed by atoms with Crippen LogP contribution in [0.15, 0.2) is 60.8 Å². The molecule has 0 bridgehead atoms. The quantitative estimate of drug-likeness (QED) is 0.150. The number of nitrogens with one attached hydrogen (secondary N) is 4. The average Bonchev–Trinajstić information content (AvgIpc) is 3.72. The molecule has 48 heavy (non-hydrogen) atoms. The number of rotatable bonds is 13. The highest BCUT2D eigenvalue weighted by Gasteiger charge is 2.23. The summed E-state index contributed by atoms with van der Waals surface area (Å²) in [5.41, 5.74) is 6.23. The highest BCUT2D eigenvalue weighted by Crippen LogP contribution is 2.42. The van der Waals surface area contributed by atoms with Crippen LogP contribution in [0.1, 0.15) is 24.0 Å². The van der Waals surface area contributed by atoms with E-state index in [0.29, 0.717) is 72.1 Å². The summed E-state index contributed by atoms with van der Waals surface area (Å²) in [6, 6.07) is 17.5. The van der Waals surface area contributed by atoms with Crippen molar-refractivity contribution in [3.63, 3.8) is 0 Å². The lowest BCUT2D eigenvalue weighted by Gasteiger charge is -2.16. The third-order valence-corrected chi connectivity index (χ3v) is 9.56.